The molecule has 0 saturated carbocycles. The number of amides is 1. The Morgan fingerprint density at radius 1 is 1.48 bits per heavy atom. The van der Waals surface area contributed by atoms with Gasteiger partial charge >= 0.3 is 0 Å². The highest BCUT2D eigenvalue weighted by atomic mass is 16.5. The minimum atomic E-state index is -0.459. The van der Waals surface area contributed by atoms with Crippen LogP contribution in [0.5, 0.6) is 0 Å². The van der Waals surface area contributed by atoms with Crippen LogP contribution < -0.4 is 5.32 Å². The van der Waals surface area contributed by atoms with Crippen LogP contribution in [0.2, 0.25) is 0 Å². The minimum absolute atomic E-state index is 0.0670. The first-order valence-electron chi connectivity index (χ1n) is 7.57. The summed E-state index contributed by atoms with van der Waals surface area (Å²) in [6.07, 6.45) is 3.10. The highest BCUT2D eigenvalue weighted by Crippen LogP contribution is 2.17. The Balaban J connectivity index is 1.98. The molecular formula is C15H23N5O3. The number of hydrogen-bond acceptors (Lipinski definition) is 6. The van der Waals surface area contributed by atoms with E-state index >= 15 is 0 Å². The van der Waals surface area contributed by atoms with E-state index in [0.29, 0.717) is 30.6 Å². The third-order valence-corrected chi connectivity index (χ3v) is 3.13. The van der Waals surface area contributed by atoms with E-state index in [4.69, 9.17) is 9.26 Å². The highest BCUT2D eigenvalue weighted by molar-refractivity contribution is 5.94. The number of rotatable bonds is 6. The largest absolute Gasteiger partial charge is 0.371 e. The molecule has 23 heavy (non-hydrogen) atoms. The lowest BCUT2D eigenvalue weighted by molar-refractivity contribution is -0.123. The second kappa shape index (κ2) is 6.91. The molecule has 1 atom stereocenters. The number of carbonyl (C=O) groups excluding carboxylic acids is 1. The second-order valence-electron chi connectivity index (χ2n) is 6.27. The predicted molar refractivity (Wildman–Crippen MR) is 83.8 cm³/mol. The summed E-state index contributed by atoms with van der Waals surface area (Å²) in [6.45, 7) is 10.3. The first-order chi connectivity index (χ1) is 10.8. The van der Waals surface area contributed by atoms with Crippen molar-refractivity contribution in [2.24, 2.45) is 5.41 Å². The second-order valence-corrected chi connectivity index (χ2v) is 6.27. The van der Waals surface area contributed by atoms with Gasteiger partial charge in [-0.15, -0.1) is 0 Å². The zero-order chi connectivity index (χ0) is 17.0. The Labute approximate surface area is 135 Å². The van der Waals surface area contributed by atoms with Gasteiger partial charge in [0.2, 0.25) is 11.8 Å². The molecule has 0 aromatic carbocycles. The van der Waals surface area contributed by atoms with Crippen LogP contribution >= 0.6 is 0 Å². The number of ether oxygens (including phenoxy) is 1. The van der Waals surface area contributed by atoms with Crippen molar-refractivity contribution >= 4 is 11.6 Å². The van der Waals surface area contributed by atoms with Gasteiger partial charge in [-0.1, -0.05) is 25.9 Å². The van der Waals surface area contributed by atoms with Gasteiger partial charge in [-0.25, -0.2) is 0 Å². The van der Waals surface area contributed by atoms with Gasteiger partial charge in [0.1, 0.15) is 12.6 Å². The fourth-order valence-corrected chi connectivity index (χ4v) is 1.79. The quantitative estimate of drug-likeness (QED) is 0.877. The molecule has 2 heterocycles. The lowest BCUT2D eigenvalue weighted by Gasteiger charge is -2.16. The van der Waals surface area contributed by atoms with Crippen LogP contribution in [0.25, 0.3) is 0 Å². The Morgan fingerprint density at radius 2 is 2.22 bits per heavy atom. The molecule has 8 nitrogen and oxygen atoms in total. The molecule has 0 aliphatic carbocycles. The van der Waals surface area contributed by atoms with Crippen molar-refractivity contribution in [3.05, 3.63) is 24.1 Å². The molecule has 0 fully saturated rings. The van der Waals surface area contributed by atoms with Crippen LogP contribution in [0.4, 0.5) is 5.69 Å². The first kappa shape index (κ1) is 17.1. The van der Waals surface area contributed by atoms with Crippen LogP contribution in [0, 0.1) is 5.41 Å². The van der Waals surface area contributed by atoms with Gasteiger partial charge in [-0.05, 0) is 13.8 Å². The van der Waals surface area contributed by atoms with Crippen molar-refractivity contribution in [2.45, 2.75) is 47.3 Å². The summed E-state index contributed by atoms with van der Waals surface area (Å²) >= 11 is 0. The van der Waals surface area contributed by atoms with Gasteiger partial charge in [0.15, 0.2) is 5.82 Å². The monoisotopic (exact) mass is 321 g/mol. The number of aromatic nitrogens is 4. The Morgan fingerprint density at radius 3 is 2.87 bits per heavy atom. The van der Waals surface area contributed by atoms with Gasteiger partial charge in [0.05, 0.1) is 11.9 Å². The zero-order valence-corrected chi connectivity index (χ0v) is 14.2. The standard InChI is InChI=1S/C15H23N5O3/c1-6-22-10(2)13-18-12(23-19-13)9-20-8-11(7-16-20)17-14(21)15(3,4)5/h7-8,10H,6,9H2,1-5H3,(H,17,21)/t10-/m0/s1. The maximum Gasteiger partial charge on any atom is 0.248 e. The molecule has 0 aliphatic rings. The van der Waals surface area contributed by atoms with Crippen LogP contribution in [0.1, 0.15) is 52.4 Å². The number of carbonyl (C=O) groups is 1. The van der Waals surface area contributed by atoms with Crippen molar-refractivity contribution in [3.8, 4) is 0 Å². The number of nitrogens with zero attached hydrogens (tertiary/aromatic N) is 4. The smallest absolute Gasteiger partial charge is 0.248 e. The SMILES string of the molecule is CCO[C@@H](C)c1noc(Cn2cc(NC(=O)C(C)(C)C)cn2)n1. The van der Waals surface area contributed by atoms with Crippen molar-refractivity contribution in [1.82, 2.24) is 19.9 Å². The molecule has 0 spiro atoms. The van der Waals surface area contributed by atoms with Gasteiger partial charge in [-0.2, -0.15) is 10.1 Å². The maximum atomic E-state index is 11.9. The zero-order valence-electron chi connectivity index (χ0n) is 14.2. The Bertz CT molecular complexity index is 656. The first-order valence-corrected chi connectivity index (χ1v) is 7.57. The number of hydrogen-bond donors (Lipinski definition) is 1. The molecule has 1 amide bonds. The van der Waals surface area contributed by atoms with Crippen molar-refractivity contribution < 1.29 is 14.1 Å². The molecule has 0 saturated heterocycles. The predicted octanol–water partition coefficient (Wildman–Crippen LogP) is 2.40. The summed E-state index contributed by atoms with van der Waals surface area (Å²) in [6, 6.07) is 0. The molecule has 2 aromatic heterocycles. The van der Waals surface area contributed by atoms with Gasteiger partial charge in [-0.3, -0.25) is 9.48 Å². The third kappa shape index (κ3) is 4.62. The average molecular weight is 321 g/mol. The van der Waals surface area contributed by atoms with E-state index in [-0.39, 0.29) is 12.0 Å². The lowest BCUT2D eigenvalue weighted by atomic mass is 9.96. The summed E-state index contributed by atoms with van der Waals surface area (Å²) < 4.78 is 12.2. The van der Waals surface area contributed by atoms with E-state index in [1.165, 1.54) is 0 Å². The van der Waals surface area contributed by atoms with Crippen molar-refractivity contribution in [2.75, 3.05) is 11.9 Å². The number of nitrogens with one attached hydrogen (secondary N) is 1. The summed E-state index contributed by atoms with van der Waals surface area (Å²) in [5, 5.41) is 10.9. The molecule has 0 unspecified atom stereocenters. The van der Waals surface area contributed by atoms with E-state index in [1.807, 2.05) is 34.6 Å². The molecule has 0 bridgehead atoms. The number of anilines is 1. The molecule has 0 aliphatic heterocycles. The fraction of sp³-hybridized carbons (Fsp3) is 0.600. The summed E-state index contributed by atoms with van der Waals surface area (Å²) in [5.41, 5.74) is 0.172. The van der Waals surface area contributed by atoms with E-state index in [2.05, 4.69) is 20.6 Å². The Hall–Kier alpha value is -2.22. The topological polar surface area (TPSA) is 95.1 Å². The van der Waals surface area contributed by atoms with Crippen LogP contribution in [-0.4, -0.2) is 32.4 Å². The molecule has 0 radical (unpaired) electrons. The van der Waals surface area contributed by atoms with E-state index < -0.39 is 5.41 Å². The Kier molecular flexibility index (Phi) is 5.15. The van der Waals surface area contributed by atoms with Gasteiger partial charge in [0.25, 0.3) is 0 Å². The molecule has 1 N–H and O–H groups in total. The summed E-state index contributed by atoms with van der Waals surface area (Å²) in [7, 11) is 0. The van der Waals surface area contributed by atoms with E-state index in [9.17, 15) is 4.79 Å². The van der Waals surface area contributed by atoms with E-state index in [0.717, 1.165) is 0 Å². The fourth-order valence-electron chi connectivity index (χ4n) is 1.79. The van der Waals surface area contributed by atoms with E-state index in [1.54, 1.807) is 17.1 Å². The third-order valence-electron chi connectivity index (χ3n) is 3.13. The molecule has 8 heteroatoms. The average Bonchev–Trinajstić information content (AvgIpc) is 3.08. The molecule has 2 aromatic rings. The summed E-state index contributed by atoms with van der Waals surface area (Å²) in [5.74, 6) is 0.876. The van der Waals surface area contributed by atoms with Crippen molar-refractivity contribution in [3.63, 3.8) is 0 Å². The summed E-state index contributed by atoms with van der Waals surface area (Å²) in [4.78, 5) is 16.2. The normalized spacial score (nSPS) is 13.1. The van der Waals surface area contributed by atoms with Gasteiger partial charge in [0, 0.05) is 18.2 Å². The van der Waals surface area contributed by atoms with Gasteiger partial charge < -0.3 is 14.6 Å². The molecule has 2 rings (SSSR count). The maximum absolute atomic E-state index is 11.9. The van der Waals surface area contributed by atoms with Crippen LogP contribution in [-0.2, 0) is 16.1 Å². The minimum Gasteiger partial charge on any atom is -0.371 e. The van der Waals surface area contributed by atoms with Crippen LogP contribution in [0.3, 0.4) is 0 Å². The highest BCUT2D eigenvalue weighted by Gasteiger charge is 2.21. The lowest BCUT2D eigenvalue weighted by Crippen LogP contribution is -2.27. The molecular weight excluding hydrogens is 298 g/mol. The van der Waals surface area contributed by atoms with Crippen LogP contribution in [0.15, 0.2) is 16.9 Å². The van der Waals surface area contributed by atoms with Crippen molar-refractivity contribution in [1.29, 1.82) is 0 Å². The molecule has 126 valence electrons.